The largest absolute Gasteiger partial charge is 0.338 e. The van der Waals surface area contributed by atoms with Gasteiger partial charge in [0.2, 0.25) is 11.8 Å². The molecule has 1 amide bonds. The van der Waals surface area contributed by atoms with Gasteiger partial charge in [-0.2, -0.15) is 0 Å². The molecule has 1 aromatic carbocycles. The summed E-state index contributed by atoms with van der Waals surface area (Å²) in [7, 11) is 0. The van der Waals surface area contributed by atoms with Crippen LogP contribution in [0.5, 0.6) is 0 Å². The van der Waals surface area contributed by atoms with Crippen LogP contribution < -0.4 is 5.32 Å². The highest BCUT2D eigenvalue weighted by Crippen LogP contribution is 2.30. The first-order valence-electron chi connectivity index (χ1n) is 7.13. The minimum Gasteiger partial charge on any atom is -0.338 e. The lowest BCUT2D eigenvalue weighted by atomic mass is 9.89. The molecular weight excluding hydrogens is 288 g/mol. The Kier molecular flexibility index (Phi) is 3.97. The van der Waals surface area contributed by atoms with Crippen molar-refractivity contribution in [3.63, 3.8) is 0 Å². The van der Waals surface area contributed by atoms with E-state index in [0.717, 1.165) is 36.1 Å². The number of rotatable bonds is 3. The van der Waals surface area contributed by atoms with E-state index >= 15 is 0 Å². The lowest BCUT2D eigenvalue weighted by Crippen LogP contribution is -2.17. The van der Waals surface area contributed by atoms with E-state index in [0.29, 0.717) is 23.2 Å². The van der Waals surface area contributed by atoms with Gasteiger partial charge in [-0.25, -0.2) is 0 Å². The van der Waals surface area contributed by atoms with Crippen LogP contribution in [0.4, 0.5) is 5.88 Å². The Hall–Kier alpha value is -1.81. The van der Waals surface area contributed by atoms with Crippen LogP contribution >= 0.6 is 11.6 Å². The van der Waals surface area contributed by atoms with Gasteiger partial charge in [-0.05, 0) is 42.9 Å². The molecule has 0 bridgehead atoms. The van der Waals surface area contributed by atoms with Gasteiger partial charge in [0.15, 0.2) is 0 Å². The predicted octanol–water partition coefficient (Wildman–Crippen LogP) is 3.63. The molecule has 1 atom stereocenters. The zero-order chi connectivity index (χ0) is 14.8. The van der Waals surface area contributed by atoms with Gasteiger partial charge in [0.1, 0.15) is 0 Å². The van der Waals surface area contributed by atoms with Crippen LogP contribution in [0.1, 0.15) is 30.2 Å². The second kappa shape index (κ2) is 5.90. The SMILES string of the molecule is C[C@@H]1CCc2noc(NC(=O)Cc3ccc(Cl)cc3)c2C1. The van der Waals surface area contributed by atoms with Crippen LogP contribution in [0.15, 0.2) is 28.8 Å². The molecule has 1 aliphatic rings. The number of fused-ring (bicyclic) bond motifs is 1. The highest BCUT2D eigenvalue weighted by molar-refractivity contribution is 6.30. The number of hydrogen-bond donors (Lipinski definition) is 1. The van der Waals surface area contributed by atoms with E-state index in [1.165, 1.54) is 0 Å². The van der Waals surface area contributed by atoms with Crippen molar-refractivity contribution in [2.45, 2.75) is 32.6 Å². The molecule has 0 aliphatic heterocycles. The number of aryl methyl sites for hydroxylation is 1. The first kappa shape index (κ1) is 14.1. The van der Waals surface area contributed by atoms with E-state index in [4.69, 9.17) is 16.1 Å². The van der Waals surface area contributed by atoms with E-state index in [1.54, 1.807) is 12.1 Å². The van der Waals surface area contributed by atoms with Gasteiger partial charge in [-0.15, -0.1) is 0 Å². The van der Waals surface area contributed by atoms with Crippen LogP contribution in [0.25, 0.3) is 0 Å². The first-order chi connectivity index (χ1) is 10.1. The molecule has 1 N–H and O–H groups in total. The maximum atomic E-state index is 12.1. The van der Waals surface area contributed by atoms with Crippen molar-refractivity contribution >= 4 is 23.4 Å². The minimum atomic E-state index is -0.102. The van der Waals surface area contributed by atoms with Gasteiger partial charge in [0.05, 0.1) is 12.1 Å². The number of nitrogens with zero attached hydrogens (tertiary/aromatic N) is 1. The molecule has 4 nitrogen and oxygen atoms in total. The molecule has 0 radical (unpaired) electrons. The zero-order valence-electron chi connectivity index (χ0n) is 11.9. The fourth-order valence-electron chi connectivity index (χ4n) is 2.64. The van der Waals surface area contributed by atoms with E-state index in [1.807, 2.05) is 12.1 Å². The number of halogens is 1. The average molecular weight is 305 g/mol. The van der Waals surface area contributed by atoms with Gasteiger partial charge in [0, 0.05) is 10.6 Å². The Morgan fingerprint density at radius 3 is 2.95 bits per heavy atom. The highest BCUT2D eigenvalue weighted by Gasteiger charge is 2.24. The lowest BCUT2D eigenvalue weighted by molar-refractivity contribution is -0.115. The molecule has 0 saturated carbocycles. The number of amides is 1. The van der Waals surface area contributed by atoms with Crippen molar-refractivity contribution in [1.82, 2.24) is 5.16 Å². The van der Waals surface area contributed by atoms with E-state index < -0.39 is 0 Å². The van der Waals surface area contributed by atoms with Crippen molar-refractivity contribution in [2.75, 3.05) is 5.32 Å². The molecule has 0 fully saturated rings. The Morgan fingerprint density at radius 2 is 2.19 bits per heavy atom. The molecule has 21 heavy (non-hydrogen) atoms. The molecule has 1 heterocycles. The number of hydrogen-bond acceptors (Lipinski definition) is 3. The van der Waals surface area contributed by atoms with Gasteiger partial charge < -0.3 is 4.52 Å². The lowest BCUT2D eigenvalue weighted by Gasteiger charge is -2.16. The summed E-state index contributed by atoms with van der Waals surface area (Å²) in [6.45, 7) is 2.20. The second-order valence-electron chi connectivity index (χ2n) is 5.64. The normalized spacial score (nSPS) is 17.3. The topological polar surface area (TPSA) is 55.1 Å². The molecule has 2 aromatic rings. The third-order valence-corrected chi connectivity index (χ3v) is 4.08. The van der Waals surface area contributed by atoms with Gasteiger partial charge in [-0.1, -0.05) is 35.8 Å². The summed E-state index contributed by atoms with van der Waals surface area (Å²) >= 11 is 5.83. The quantitative estimate of drug-likeness (QED) is 0.942. The van der Waals surface area contributed by atoms with E-state index in [2.05, 4.69) is 17.4 Å². The summed E-state index contributed by atoms with van der Waals surface area (Å²) < 4.78 is 5.29. The van der Waals surface area contributed by atoms with Crippen molar-refractivity contribution in [1.29, 1.82) is 0 Å². The third-order valence-electron chi connectivity index (χ3n) is 3.83. The molecule has 0 spiro atoms. The fourth-order valence-corrected chi connectivity index (χ4v) is 2.77. The second-order valence-corrected chi connectivity index (χ2v) is 6.07. The van der Waals surface area contributed by atoms with Crippen LogP contribution in [-0.2, 0) is 24.1 Å². The number of anilines is 1. The Morgan fingerprint density at radius 1 is 1.43 bits per heavy atom. The summed E-state index contributed by atoms with van der Waals surface area (Å²) in [5, 5.41) is 7.55. The number of benzene rings is 1. The van der Waals surface area contributed by atoms with Crippen LogP contribution in [0.2, 0.25) is 5.02 Å². The van der Waals surface area contributed by atoms with Crippen molar-refractivity contribution in [3.8, 4) is 0 Å². The Labute approximate surface area is 128 Å². The molecule has 0 saturated heterocycles. The predicted molar refractivity (Wildman–Crippen MR) is 81.5 cm³/mol. The van der Waals surface area contributed by atoms with Crippen LogP contribution in [0.3, 0.4) is 0 Å². The Balaban J connectivity index is 1.68. The number of carbonyl (C=O) groups is 1. The first-order valence-corrected chi connectivity index (χ1v) is 7.51. The molecular formula is C16H17ClN2O2. The third kappa shape index (κ3) is 3.27. The average Bonchev–Trinajstić information content (AvgIpc) is 2.84. The number of carbonyl (C=O) groups excluding carboxylic acids is 1. The molecule has 110 valence electrons. The van der Waals surface area contributed by atoms with Gasteiger partial charge >= 0.3 is 0 Å². The smallest absolute Gasteiger partial charge is 0.234 e. The Bertz CT molecular complexity index is 649. The monoisotopic (exact) mass is 304 g/mol. The molecule has 3 rings (SSSR count). The summed E-state index contributed by atoms with van der Waals surface area (Å²) in [4.78, 5) is 12.1. The highest BCUT2D eigenvalue weighted by atomic mass is 35.5. The number of aromatic nitrogens is 1. The maximum Gasteiger partial charge on any atom is 0.234 e. The molecule has 1 aliphatic carbocycles. The van der Waals surface area contributed by atoms with Crippen LogP contribution in [0, 0.1) is 5.92 Å². The van der Waals surface area contributed by atoms with Crippen molar-refractivity contribution in [2.24, 2.45) is 5.92 Å². The van der Waals surface area contributed by atoms with Crippen molar-refractivity contribution in [3.05, 3.63) is 46.1 Å². The van der Waals surface area contributed by atoms with E-state index in [9.17, 15) is 4.79 Å². The fraction of sp³-hybridized carbons (Fsp3) is 0.375. The summed E-state index contributed by atoms with van der Waals surface area (Å²) in [6.07, 6.45) is 3.25. The summed E-state index contributed by atoms with van der Waals surface area (Å²) in [5.74, 6) is 1.01. The minimum absolute atomic E-state index is 0.102. The summed E-state index contributed by atoms with van der Waals surface area (Å²) in [6, 6.07) is 7.25. The van der Waals surface area contributed by atoms with Gasteiger partial charge in [0.25, 0.3) is 0 Å². The van der Waals surface area contributed by atoms with Gasteiger partial charge in [-0.3, -0.25) is 10.1 Å². The summed E-state index contributed by atoms with van der Waals surface area (Å²) in [5.41, 5.74) is 2.95. The molecule has 1 aromatic heterocycles. The van der Waals surface area contributed by atoms with Crippen molar-refractivity contribution < 1.29 is 9.32 Å². The van der Waals surface area contributed by atoms with E-state index in [-0.39, 0.29) is 5.91 Å². The standard InChI is InChI=1S/C16H17ClN2O2/c1-10-2-7-14-13(8-10)16(21-19-14)18-15(20)9-11-3-5-12(17)6-4-11/h3-6,10H,2,7-9H2,1H3,(H,18,20)/t10-/m1/s1. The number of nitrogens with one attached hydrogen (secondary N) is 1. The molecule has 0 unspecified atom stereocenters. The maximum absolute atomic E-state index is 12.1. The zero-order valence-corrected chi connectivity index (χ0v) is 12.6. The molecule has 5 heteroatoms. The van der Waals surface area contributed by atoms with Crippen LogP contribution in [-0.4, -0.2) is 11.1 Å².